The van der Waals surface area contributed by atoms with Crippen LogP contribution in [-0.4, -0.2) is 25.0 Å². The molecule has 0 aromatic heterocycles. The largest absolute Gasteiger partial charge is 0.467 e. The molecule has 0 aliphatic heterocycles. The van der Waals surface area contributed by atoms with Gasteiger partial charge in [0.15, 0.2) is 0 Å². The van der Waals surface area contributed by atoms with Gasteiger partial charge in [-0.3, -0.25) is 4.79 Å². The van der Waals surface area contributed by atoms with Crippen LogP contribution in [0.2, 0.25) is 0 Å². The second-order valence-corrected chi connectivity index (χ2v) is 3.00. The second-order valence-electron chi connectivity index (χ2n) is 3.00. The summed E-state index contributed by atoms with van der Waals surface area (Å²) in [5.74, 6) is -1.70. The van der Waals surface area contributed by atoms with E-state index in [4.69, 9.17) is 2.74 Å². The maximum Gasteiger partial charge on any atom is 0.328 e. The van der Waals surface area contributed by atoms with E-state index >= 15 is 0 Å². The molecule has 0 fully saturated rings. The summed E-state index contributed by atoms with van der Waals surface area (Å²) in [6.45, 7) is 4.59. The van der Waals surface area contributed by atoms with Crippen LogP contribution in [0.5, 0.6) is 0 Å². The van der Waals surface area contributed by atoms with E-state index in [0.29, 0.717) is 0 Å². The van der Waals surface area contributed by atoms with E-state index in [1.807, 2.05) is 0 Å². The summed E-state index contributed by atoms with van der Waals surface area (Å²) in [6, 6.07) is -2.03. The average molecular weight is 189 g/mol. The zero-order valence-electron chi connectivity index (χ0n) is 10.4. The first kappa shape index (κ1) is 8.53. The molecule has 13 heavy (non-hydrogen) atoms. The minimum absolute atomic E-state index is 0.242. The number of carbonyl (C=O) groups excluding carboxylic acids is 2. The fraction of sp³-hybridized carbons (Fsp3) is 0.778. The summed E-state index contributed by atoms with van der Waals surface area (Å²) < 4.78 is 19.9. The van der Waals surface area contributed by atoms with Crippen molar-refractivity contribution in [1.82, 2.24) is 5.32 Å². The topological polar surface area (TPSA) is 55.4 Å². The lowest BCUT2D eigenvalue weighted by Gasteiger charge is -2.16. The normalized spacial score (nSPS) is 19.5. The molecule has 4 heteroatoms. The lowest BCUT2D eigenvalue weighted by molar-refractivity contribution is -0.145. The van der Waals surface area contributed by atoms with E-state index in [2.05, 4.69) is 10.1 Å². The van der Waals surface area contributed by atoms with E-state index in [9.17, 15) is 9.59 Å². The molecule has 0 bridgehead atoms. The van der Waals surface area contributed by atoms with Gasteiger partial charge in [-0.2, -0.15) is 0 Å². The van der Waals surface area contributed by atoms with E-state index in [1.54, 1.807) is 13.8 Å². The smallest absolute Gasteiger partial charge is 0.328 e. The molecule has 1 amide bonds. The van der Waals surface area contributed by atoms with E-state index in [0.717, 1.165) is 7.11 Å². The van der Waals surface area contributed by atoms with E-state index in [1.165, 1.54) is 6.92 Å². The maximum absolute atomic E-state index is 11.4. The highest BCUT2D eigenvalue weighted by molar-refractivity contribution is 5.83. The summed E-state index contributed by atoms with van der Waals surface area (Å²) in [5, 5.41) is 2.15. The average Bonchev–Trinajstić information content (AvgIpc) is 2.13. The number of esters is 1. The van der Waals surface area contributed by atoms with Crippen molar-refractivity contribution in [3.05, 3.63) is 0 Å². The fourth-order valence-corrected chi connectivity index (χ4v) is 0.794. The summed E-state index contributed by atoms with van der Waals surface area (Å²) >= 11 is 0. The van der Waals surface area contributed by atoms with Crippen LogP contribution in [0.15, 0.2) is 0 Å². The van der Waals surface area contributed by atoms with Gasteiger partial charge in [0.1, 0.15) is 6.02 Å². The van der Waals surface area contributed by atoms with Crippen molar-refractivity contribution in [1.29, 1.82) is 0 Å². The number of ether oxygens (including phenoxy) is 1. The van der Waals surface area contributed by atoms with Crippen molar-refractivity contribution in [2.45, 2.75) is 33.2 Å². The highest BCUT2D eigenvalue weighted by atomic mass is 16.5. The molecular formula is C9H17NO3. The standard InChI is InChI=1S/C9H17NO3/c1-6(2)5-8(9(12)13-4)10-7(3)11/h6,8H,5H2,1-4H3,(H,10,11)/i5D,8D. The summed E-state index contributed by atoms with van der Waals surface area (Å²) in [7, 11) is 1.13. The van der Waals surface area contributed by atoms with Crippen molar-refractivity contribution < 1.29 is 17.1 Å². The molecule has 1 N–H and O–H groups in total. The Bertz CT molecular complexity index is 258. The SMILES string of the molecule is [2H]C(C(C)C)C([2H])(NC(C)=O)C(=O)OC. The van der Waals surface area contributed by atoms with Crippen molar-refractivity contribution in [2.24, 2.45) is 5.92 Å². The van der Waals surface area contributed by atoms with Crippen LogP contribution in [0.4, 0.5) is 0 Å². The number of rotatable bonds is 4. The highest BCUT2D eigenvalue weighted by Gasteiger charge is 2.20. The molecule has 2 atom stereocenters. The van der Waals surface area contributed by atoms with Gasteiger partial charge in [-0.15, -0.1) is 0 Å². The zero-order chi connectivity index (χ0) is 12.2. The number of carbonyl (C=O) groups is 2. The Balaban J connectivity index is 5.00. The Morgan fingerprint density at radius 3 is 2.46 bits per heavy atom. The van der Waals surface area contributed by atoms with Crippen LogP contribution < -0.4 is 5.32 Å². The Labute approximate surface area is 81.5 Å². The van der Waals surface area contributed by atoms with Crippen LogP contribution in [0, 0.1) is 5.92 Å². The van der Waals surface area contributed by atoms with Crippen molar-refractivity contribution in [2.75, 3.05) is 7.11 Å². The van der Waals surface area contributed by atoms with E-state index < -0.39 is 24.3 Å². The first-order valence-electron chi connectivity index (χ1n) is 5.12. The molecule has 0 aromatic rings. The van der Waals surface area contributed by atoms with Crippen LogP contribution in [-0.2, 0) is 14.3 Å². The molecule has 4 nitrogen and oxygen atoms in total. The lowest BCUT2D eigenvalue weighted by atomic mass is 10.0. The Kier molecular flexibility index (Phi) is 3.65. The molecule has 0 aliphatic carbocycles. The van der Waals surface area contributed by atoms with Crippen LogP contribution in [0.25, 0.3) is 0 Å². The van der Waals surface area contributed by atoms with Crippen molar-refractivity contribution in [3.63, 3.8) is 0 Å². The highest BCUT2D eigenvalue weighted by Crippen LogP contribution is 2.05. The number of hydrogen-bond donors (Lipinski definition) is 1. The Hall–Kier alpha value is -1.06. The van der Waals surface area contributed by atoms with Crippen LogP contribution in [0.1, 0.15) is 29.9 Å². The predicted octanol–water partition coefficient (Wildman–Crippen LogP) is 0.710. The number of nitrogens with one attached hydrogen (secondary N) is 1. The van der Waals surface area contributed by atoms with Gasteiger partial charge in [0.05, 0.1) is 8.48 Å². The third-order valence-electron chi connectivity index (χ3n) is 1.22. The minimum Gasteiger partial charge on any atom is -0.467 e. The second kappa shape index (κ2) is 5.56. The predicted molar refractivity (Wildman–Crippen MR) is 49.1 cm³/mol. The lowest BCUT2D eigenvalue weighted by Crippen LogP contribution is -2.41. The quantitative estimate of drug-likeness (QED) is 0.663. The third kappa shape index (κ3) is 5.22. The maximum atomic E-state index is 11.4. The molecule has 0 rings (SSSR count). The van der Waals surface area contributed by atoms with Gasteiger partial charge in [-0.1, -0.05) is 13.8 Å². The van der Waals surface area contributed by atoms with Gasteiger partial charge in [0.2, 0.25) is 5.91 Å². The first-order chi connectivity index (χ1) is 6.75. The zero-order valence-corrected chi connectivity index (χ0v) is 8.38. The molecule has 2 unspecified atom stereocenters. The number of hydrogen-bond acceptors (Lipinski definition) is 3. The number of amides is 1. The summed E-state index contributed by atoms with van der Waals surface area (Å²) in [6.07, 6.45) is -1.08. The van der Waals surface area contributed by atoms with Crippen LogP contribution >= 0.6 is 0 Å². The van der Waals surface area contributed by atoms with E-state index in [-0.39, 0.29) is 5.92 Å². The molecule has 0 spiro atoms. The molecule has 0 aromatic carbocycles. The van der Waals surface area contributed by atoms with Crippen molar-refractivity contribution in [3.8, 4) is 0 Å². The van der Waals surface area contributed by atoms with Gasteiger partial charge in [0, 0.05) is 8.29 Å². The molecule has 0 saturated carbocycles. The Morgan fingerprint density at radius 1 is 1.62 bits per heavy atom. The van der Waals surface area contributed by atoms with Gasteiger partial charge in [-0.25, -0.2) is 4.79 Å². The van der Waals surface area contributed by atoms with Crippen LogP contribution in [0.3, 0.4) is 0 Å². The van der Waals surface area contributed by atoms with Gasteiger partial charge in [-0.05, 0) is 12.3 Å². The fourth-order valence-electron chi connectivity index (χ4n) is 0.794. The van der Waals surface area contributed by atoms with Gasteiger partial charge >= 0.3 is 5.97 Å². The summed E-state index contributed by atoms with van der Waals surface area (Å²) in [4.78, 5) is 22.3. The number of methoxy groups -OCH3 is 1. The van der Waals surface area contributed by atoms with Gasteiger partial charge < -0.3 is 10.1 Å². The first-order valence-corrected chi connectivity index (χ1v) is 4.05. The van der Waals surface area contributed by atoms with Gasteiger partial charge in [0.25, 0.3) is 0 Å². The molecular weight excluding hydrogens is 170 g/mol. The Morgan fingerprint density at radius 2 is 2.15 bits per heavy atom. The third-order valence-corrected chi connectivity index (χ3v) is 1.22. The van der Waals surface area contributed by atoms with Crippen molar-refractivity contribution >= 4 is 11.9 Å². The molecule has 0 radical (unpaired) electrons. The molecule has 0 heterocycles. The monoisotopic (exact) mass is 189 g/mol. The molecule has 0 aliphatic rings. The molecule has 0 saturated heterocycles. The summed E-state index contributed by atoms with van der Waals surface area (Å²) in [5.41, 5.74) is 0. The minimum atomic E-state index is -2.03. The molecule has 76 valence electrons.